The number of halogens is 1. The second kappa shape index (κ2) is 5.59. The van der Waals surface area contributed by atoms with Gasteiger partial charge in [-0.05, 0) is 30.2 Å². The van der Waals surface area contributed by atoms with Crippen molar-refractivity contribution in [3.63, 3.8) is 0 Å². The number of nitrogens with zero attached hydrogens (tertiary/aromatic N) is 2. The first-order valence-corrected chi connectivity index (χ1v) is 8.96. The van der Waals surface area contributed by atoms with Crippen LogP contribution in [0.4, 0.5) is 4.39 Å². The van der Waals surface area contributed by atoms with Gasteiger partial charge in [-0.2, -0.15) is 5.10 Å². The van der Waals surface area contributed by atoms with Crippen molar-refractivity contribution in [3.8, 4) is 5.75 Å². The fourth-order valence-corrected chi connectivity index (χ4v) is 4.19. The van der Waals surface area contributed by atoms with Gasteiger partial charge in [0.1, 0.15) is 11.6 Å². The Morgan fingerprint density at radius 1 is 1.15 bits per heavy atom. The van der Waals surface area contributed by atoms with E-state index in [1.807, 2.05) is 23.2 Å². The van der Waals surface area contributed by atoms with E-state index in [4.69, 9.17) is 9.84 Å². The smallest absolute Gasteiger partial charge is 0.220 e. The van der Waals surface area contributed by atoms with Crippen LogP contribution in [0.2, 0.25) is 0 Å². The summed E-state index contributed by atoms with van der Waals surface area (Å²) in [6.45, 7) is 0. The second-order valence-electron chi connectivity index (χ2n) is 7.09. The van der Waals surface area contributed by atoms with Crippen LogP contribution in [-0.4, -0.2) is 21.6 Å². The molecule has 1 aliphatic carbocycles. The van der Waals surface area contributed by atoms with E-state index in [0.29, 0.717) is 12.2 Å². The summed E-state index contributed by atoms with van der Waals surface area (Å²) < 4.78 is 19.7. The number of para-hydroxylation sites is 1. The average molecular weight is 350 g/mol. The van der Waals surface area contributed by atoms with E-state index < -0.39 is 5.72 Å². The van der Waals surface area contributed by atoms with Crippen molar-refractivity contribution in [2.24, 2.45) is 5.10 Å². The lowest BCUT2D eigenvalue weighted by molar-refractivity contribution is -0.0944. The van der Waals surface area contributed by atoms with E-state index in [-0.39, 0.29) is 11.9 Å². The Hall–Kier alpha value is -2.82. The molecule has 1 spiro atoms. The molecule has 0 bridgehead atoms. The van der Waals surface area contributed by atoms with E-state index in [1.54, 1.807) is 18.2 Å². The zero-order chi connectivity index (χ0) is 17.7. The predicted octanol–water partition coefficient (Wildman–Crippen LogP) is 4.69. The summed E-state index contributed by atoms with van der Waals surface area (Å²) in [5.41, 5.74) is 2.16. The third-order valence-electron chi connectivity index (χ3n) is 5.40. The van der Waals surface area contributed by atoms with Crippen molar-refractivity contribution in [1.82, 2.24) is 5.01 Å². The van der Waals surface area contributed by atoms with Gasteiger partial charge in [-0.3, -0.25) is 0 Å². The van der Waals surface area contributed by atoms with Crippen LogP contribution >= 0.6 is 0 Å². The molecule has 0 saturated carbocycles. The standard InChI is InChI=1S/C21H19FN2O2/c22-15-9-7-14(8-10-15)18-12-19-17-5-1-2-6-20(17)26-21(24(19)23-18)11-3-4-16(25)13-21/h1-2,5-10,13,19,25H,3-4,11-12H2/t19-,21-/m1/s1. The zero-order valence-electron chi connectivity index (χ0n) is 14.2. The average Bonchev–Trinajstić information content (AvgIpc) is 3.09. The first-order valence-electron chi connectivity index (χ1n) is 8.96. The van der Waals surface area contributed by atoms with E-state index in [0.717, 1.165) is 41.9 Å². The first-order chi connectivity index (χ1) is 12.6. The normalized spacial score (nSPS) is 26.7. The first kappa shape index (κ1) is 15.4. The molecule has 2 aromatic carbocycles. The van der Waals surface area contributed by atoms with Crippen LogP contribution in [0, 0.1) is 5.82 Å². The molecule has 4 nitrogen and oxygen atoms in total. The Morgan fingerprint density at radius 2 is 1.96 bits per heavy atom. The lowest BCUT2D eigenvalue weighted by Crippen LogP contribution is -2.53. The Bertz CT molecular complexity index is 922. The number of allylic oxidation sites excluding steroid dienone is 1. The van der Waals surface area contributed by atoms with Crippen LogP contribution in [0.1, 0.15) is 42.9 Å². The van der Waals surface area contributed by atoms with Gasteiger partial charge in [0.2, 0.25) is 5.72 Å². The van der Waals surface area contributed by atoms with Crippen LogP contribution in [0.25, 0.3) is 0 Å². The number of fused-ring (bicyclic) bond motifs is 4. The third kappa shape index (κ3) is 2.30. The maximum absolute atomic E-state index is 13.3. The molecule has 0 unspecified atom stereocenters. The predicted molar refractivity (Wildman–Crippen MR) is 96.5 cm³/mol. The maximum atomic E-state index is 13.3. The number of rotatable bonds is 1. The zero-order valence-corrected chi connectivity index (χ0v) is 14.2. The highest BCUT2D eigenvalue weighted by Gasteiger charge is 2.50. The molecule has 0 aromatic heterocycles. The molecular formula is C21H19FN2O2. The molecule has 3 aliphatic rings. The number of aliphatic hydroxyl groups excluding tert-OH is 1. The van der Waals surface area contributed by atoms with Crippen LogP contribution in [0.15, 0.2) is 65.5 Å². The van der Waals surface area contributed by atoms with Crippen molar-refractivity contribution < 1.29 is 14.2 Å². The summed E-state index contributed by atoms with van der Waals surface area (Å²) in [5, 5.41) is 17.0. The molecule has 0 radical (unpaired) electrons. The van der Waals surface area contributed by atoms with Gasteiger partial charge in [0, 0.05) is 30.9 Å². The van der Waals surface area contributed by atoms with Gasteiger partial charge in [0.25, 0.3) is 0 Å². The summed E-state index contributed by atoms with van der Waals surface area (Å²) >= 11 is 0. The maximum Gasteiger partial charge on any atom is 0.220 e. The van der Waals surface area contributed by atoms with Crippen molar-refractivity contribution >= 4 is 5.71 Å². The van der Waals surface area contributed by atoms with Crippen LogP contribution in [0.5, 0.6) is 5.75 Å². The SMILES string of the molecule is OC1=C[C@@]2(CCC1)Oc1ccccc1[C@H]1CC(c3ccc(F)cc3)=NN12. The van der Waals surface area contributed by atoms with Crippen LogP contribution in [-0.2, 0) is 0 Å². The molecule has 1 N–H and O–H groups in total. The number of benzene rings is 2. The van der Waals surface area contributed by atoms with Gasteiger partial charge < -0.3 is 9.84 Å². The molecule has 2 atom stereocenters. The molecule has 0 fully saturated rings. The molecule has 132 valence electrons. The highest BCUT2D eigenvalue weighted by molar-refractivity contribution is 6.02. The summed E-state index contributed by atoms with van der Waals surface area (Å²) in [6.07, 6.45) is 4.80. The number of hydrazone groups is 1. The van der Waals surface area contributed by atoms with Crippen molar-refractivity contribution in [2.45, 2.75) is 37.5 Å². The number of hydrogen-bond acceptors (Lipinski definition) is 4. The monoisotopic (exact) mass is 350 g/mol. The summed E-state index contributed by atoms with van der Waals surface area (Å²) in [5.74, 6) is 0.936. The molecule has 5 rings (SSSR count). The lowest BCUT2D eigenvalue weighted by atomic mass is 9.90. The van der Waals surface area contributed by atoms with Gasteiger partial charge >= 0.3 is 0 Å². The minimum absolute atomic E-state index is 0.0437. The Morgan fingerprint density at radius 3 is 2.77 bits per heavy atom. The number of ether oxygens (including phenoxy) is 1. The molecule has 0 saturated heterocycles. The van der Waals surface area contributed by atoms with Gasteiger partial charge in [0.15, 0.2) is 0 Å². The fraction of sp³-hybridized carbons (Fsp3) is 0.286. The van der Waals surface area contributed by atoms with Crippen molar-refractivity contribution in [1.29, 1.82) is 0 Å². The molecule has 5 heteroatoms. The van der Waals surface area contributed by atoms with Gasteiger partial charge in [-0.1, -0.05) is 30.3 Å². The summed E-state index contributed by atoms with van der Waals surface area (Å²) in [7, 11) is 0. The van der Waals surface area contributed by atoms with Crippen molar-refractivity contribution in [2.75, 3.05) is 0 Å². The van der Waals surface area contributed by atoms with Gasteiger partial charge in [0.05, 0.1) is 17.5 Å². The number of hydrogen-bond donors (Lipinski definition) is 1. The lowest BCUT2D eigenvalue weighted by Gasteiger charge is -2.47. The molecule has 26 heavy (non-hydrogen) atoms. The van der Waals surface area contributed by atoms with Crippen LogP contribution in [0.3, 0.4) is 0 Å². The summed E-state index contributed by atoms with van der Waals surface area (Å²) in [6, 6.07) is 14.5. The molecule has 0 amide bonds. The second-order valence-corrected chi connectivity index (χ2v) is 7.09. The van der Waals surface area contributed by atoms with E-state index in [1.165, 1.54) is 12.1 Å². The molecule has 2 heterocycles. The minimum atomic E-state index is -0.761. The van der Waals surface area contributed by atoms with Gasteiger partial charge in [-0.15, -0.1) is 0 Å². The Kier molecular flexibility index (Phi) is 3.32. The Labute approximate surface area is 151 Å². The van der Waals surface area contributed by atoms with Gasteiger partial charge in [-0.25, -0.2) is 9.40 Å². The van der Waals surface area contributed by atoms with E-state index in [2.05, 4.69) is 6.07 Å². The highest BCUT2D eigenvalue weighted by Crippen LogP contribution is 2.50. The quantitative estimate of drug-likeness (QED) is 0.811. The molecule has 2 aromatic rings. The highest BCUT2D eigenvalue weighted by atomic mass is 19.1. The molecule has 2 aliphatic heterocycles. The molecular weight excluding hydrogens is 331 g/mol. The summed E-state index contributed by atoms with van der Waals surface area (Å²) in [4.78, 5) is 0. The fourth-order valence-electron chi connectivity index (χ4n) is 4.19. The third-order valence-corrected chi connectivity index (χ3v) is 5.40. The van der Waals surface area contributed by atoms with E-state index >= 15 is 0 Å². The largest absolute Gasteiger partial charge is 0.512 e. The Balaban J connectivity index is 1.63. The minimum Gasteiger partial charge on any atom is -0.512 e. The van der Waals surface area contributed by atoms with Crippen LogP contribution < -0.4 is 4.74 Å². The number of aliphatic hydroxyl groups is 1. The topological polar surface area (TPSA) is 45.1 Å². The van der Waals surface area contributed by atoms with E-state index in [9.17, 15) is 9.50 Å². The van der Waals surface area contributed by atoms with Crippen molar-refractivity contribution in [3.05, 3.63) is 77.3 Å².